The van der Waals surface area contributed by atoms with Gasteiger partial charge in [0.1, 0.15) is 6.61 Å². The zero-order valence-electron chi connectivity index (χ0n) is 7.59. The number of halogens is 1. The summed E-state index contributed by atoms with van der Waals surface area (Å²) in [5, 5.41) is 1.77. The molecule has 3 nitrogen and oxygen atoms in total. The van der Waals surface area contributed by atoms with Crippen LogP contribution in [0.25, 0.3) is 10.9 Å². The largest absolute Gasteiger partial charge is 0.478 e. The van der Waals surface area contributed by atoms with E-state index in [9.17, 15) is 0 Å². The molecule has 74 valence electrons. The van der Waals surface area contributed by atoms with Gasteiger partial charge in [-0.05, 0) is 18.2 Å². The maximum absolute atomic E-state index is 5.86. The second-order valence-corrected chi connectivity index (χ2v) is 3.44. The van der Waals surface area contributed by atoms with Crippen LogP contribution in [0.2, 0.25) is 5.02 Å². The molecule has 0 aliphatic rings. The zero-order valence-corrected chi connectivity index (χ0v) is 8.34. The summed E-state index contributed by atoms with van der Waals surface area (Å²) >= 11 is 5.86. The molecule has 3 N–H and O–H groups in total. The molecule has 0 bridgehead atoms. The Balaban J connectivity index is 2.32. The third-order valence-corrected chi connectivity index (χ3v) is 2.17. The van der Waals surface area contributed by atoms with E-state index in [2.05, 4.69) is 4.98 Å². The standard InChI is InChI=1S/C10H11ClN2O/c11-8-1-2-9-7(5-8)6-10(13-9)14-4-3-12/h1-2,5-6,13H,3-4,12H2. The number of nitrogens with one attached hydrogen (secondary N) is 1. The molecule has 0 spiro atoms. The quantitative estimate of drug-likeness (QED) is 0.816. The minimum absolute atomic E-state index is 0.510. The van der Waals surface area contributed by atoms with E-state index in [0.717, 1.165) is 21.8 Å². The van der Waals surface area contributed by atoms with Gasteiger partial charge in [0.15, 0.2) is 5.88 Å². The van der Waals surface area contributed by atoms with Gasteiger partial charge in [0, 0.05) is 28.5 Å². The lowest BCUT2D eigenvalue weighted by atomic mass is 10.2. The molecule has 1 aromatic heterocycles. The smallest absolute Gasteiger partial charge is 0.191 e. The maximum atomic E-state index is 5.86. The highest BCUT2D eigenvalue weighted by Crippen LogP contribution is 2.23. The first-order valence-corrected chi connectivity index (χ1v) is 4.78. The van der Waals surface area contributed by atoms with Crippen molar-refractivity contribution in [1.82, 2.24) is 4.98 Å². The Labute approximate surface area is 86.8 Å². The molecule has 0 aliphatic heterocycles. The van der Waals surface area contributed by atoms with Gasteiger partial charge in [0.05, 0.1) is 0 Å². The normalized spacial score (nSPS) is 10.7. The van der Waals surface area contributed by atoms with Gasteiger partial charge in [-0.2, -0.15) is 0 Å². The molecular formula is C10H11ClN2O. The fourth-order valence-electron chi connectivity index (χ4n) is 1.32. The molecule has 2 rings (SSSR count). The Kier molecular flexibility index (Phi) is 2.61. The Hall–Kier alpha value is -1.19. The molecule has 0 saturated heterocycles. The van der Waals surface area contributed by atoms with Crippen LogP contribution in [0, 0.1) is 0 Å². The molecule has 0 saturated carbocycles. The fourth-order valence-corrected chi connectivity index (χ4v) is 1.50. The molecule has 14 heavy (non-hydrogen) atoms. The number of benzene rings is 1. The summed E-state index contributed by atoms with van der Waals surface area (Å²) in [7, 11) is 0. The predicted octanol–water partition coefficient (Wildman–Crippen LogP) is 2.16. The van der Waals surface area contributed by atoms with Gasteiger partial charge in [0.25, 0.3) is 0 Å². The topological polar surface area (TPSA) is 51.0 Å². The van der Waals surface area contributed by atoms with Crippen molar-refractivity contribution in [2.45, 2.75) is 0 Å². The minimum Gasteiger partial charge on any atom is -0.478 e. The second kappa shape index (κ2) is 3.90. The second-order valence-electron chi connectivity index (χ2n) is 3.00. The molecule has 0 aliphatic carbocycles. The lowest BCUT2D eigenvalue weighted by Gasteiger charge is -1.98. The average Bonchev–Trinajstić information content (AvgIpc) is 2.56. The first-order valence-electron chi connectivity index (χ1n) is 4.41. The van der Waals surface area contributed by atoms with Crippen molar-refractivity contribution in [3.63, 3.8) is 0 Å². The van der Waals surface area contributed by atoms with Crippen LogP contribution in [-0.2, 0) is 0 Å². The summed E-state index contributed by atoms with van der Waals surface area (Å²) in [6.07, 6.45) is 0. The molecule has 0 unspecified atom stereocenters. The summed E-state index contributed by atoms with van der Waals surface area (Å²) in [5.41, 5.74) is 6.35. The lowest BCUT2D eigenvalue weighted by molar-refractivity contribution is 0.318. The van der Waals surface area contributed by atoms with Crippen molar-refractivity contribution >= 4 is 22.5 Å². The highest BCUT2D eigenvalue weighted by molar-refractivity contribution is 6.31. The molecule has 4 heteroatoms. The summed E-state index contributed by atoms with van der Waals surface area (Å²) in [4.78, 5) is 3.12. The van der Waals surface area contributed by atoms with Gasteiger partial charge in [0.2, 0.25) is 0 Å². The Morgan fingerprint density at radius 3 is 3.00 bits per heavy atom. The van der Waals surface area contributed by atoms with Gasteiger partial charge >= 0.3 is 0 Å². The number of hydrogen-bond donors (Lipinski definition) is 2. The van der Waals surface area contributed by atoms with Crippen LogP contribution in [0.1, 0.15) is 0 Å². The van der Waals surface area contributed by atoms with E-state index in [0.29, 0.717) is 13.2 Å². The van der Waals surface area contributed by atoms with Gasteiger partial charge in [-0.15, -0.1) is 0 Å². The van der Waals surface area contributed by atoms with Gasteiger partial charge in [-0.25, -0.2) is 0 Å². The van der Waals surface area contributed by atoms with E-state index in [-0.39, 0.29) is 0 Å². The van der Waals surface area contributed by atoms with Gasteiger partial charge < -0.3 is 15.5 Å². The first kappa shape index (κ1) is 9.37. The highest BCUT2D eigenvalue weighted by atomic mass is 35.5. The Morgan fingerprint density at radius 1 is 1.36 bits per heavy atom. The number of aromatic amines is 1. The monoisotopic (exact) mass is 210 g/mol. The van der Waals surface area contributed by atoms with E-state index in [1.54, 1.807) is 0 Å². The minimum atomic E-state index is 0.510. The van der Waals surface area contributed by atoms with Crippen LogP contribution in [0.4, 0.5) is 0 Å². The van der Waals surface area contributed by atoms with Crippen LogP contribution in [0.5, 0.6) is 5.88 Å². The van der Waals surface area contributed by atoms with Crippen LogP contribution >= 0.6 is 11.6 Å². The predicted molar refractivity (Wildman–Crippen MR) is 57.9 cm³/mol. The SMILES string of the molecule is NCCOc1cc2cc(Cl)ccc2[nH]1. The number of aromatic nitrogens is 1. The maximum Gasteiger partial charge on any atom is 0.191 e. The average molecular weight is 211 g/mol. The number of rotatable bonds is 3. The lowest BCUT2D eigenvalue weighted by Crippen LogP contribution is -2.10. The molecule has 0 radical (unpaired) electrons. The van der Waals surface area contributed by atoms with Crippen LogP contribution in [-0.4, -0.2) is 18.1 Å². The van der Waals surface area contributed by atoms with Crippen LogP contribution < -0.4 is 10.5 Å². The Morgan fingerprint density at radius 2 is 2.21 bits per heavy atom. The highest BCUT2D eigenvalue weighted by Gasteiger charge is 2.01. The number of ether oxygens (including phenoxy) is 1. The number of hydrogen-bond acceptors (Lipinski definition) is 2. The van der Waals surface area contributed by atoms with E-state index in [4.69, 9.17) is 22.1 Å². The molecule has 1 aromatic carbocycles. The Bertz CT molecular complexity index is 439. The summed E-state index contributed by atoms with van der Waals surface area (Å²) in [6.45, 7) is 1.02. The van der Waals surface area contributed by atoms with Crippen LogP contribution in [0.15, 0.2) is 24.3 Å². The van der Waals surface area contributed by atoms with E-state index in [1.807, 2.05) is 24.3 Å². The first-order chi connectivity index (χ1) is 6.79. The molecule has 2 aromatic rings. The van der Waals surface area contributed by atoms with Crippen molar-refractivity contribution in [2.24, 2.45) is 5.73 Å². The zero-order chi connectivity index (χ0) is 9.97. The number of fused-ring (bicyclic) bond motifs is 1. The molecular weight excluding hydrogens is 200 g/mol. The van der Waals surface area contributed by atoms with Gasteiger partial charge in [-0.3, -0.25) is 0 Å². The number of nitrogens with two attached hydrogens (primary N) is 1. The van der Waals surface area contributed by atoms with E-state index in [1.165, 1.54) is 0 Å². The van der Waals surface area contributed by atoms with Crippen molar-refractivity contribution in [2.75, 3.05) is 13.2 Å². The van der Waals surface area contributed by atoms with Crippen molar-refractivity contribution in [1.29, 1.82) is 0 Å². The molecule has 1 heterocycles. The molecule has 0 amide bonds. The van der Waals surface area contributed by atoms with Crippen molar-refractivity contribution in [3.8, 4) is 5.88 Å². The van der Waals surface area contributed by atoms with Crippen LogP contribution in [0.3, 0.4) is 0 Å². The molecule has 0 fully saturated rings. The van der Waals surface area contributed by atoms with Crippen molar-refractivity contribution < 1.29 is 4.74 Å². The van der Waals surface area contributed by atoms with Crippen molar-refractivity contribution in [3.05, 3.63) is 29.3 Å². The summed E-state index contributed by atoms with van der Waals surface area (Å²) in [5.74, 6) is 0.729. The van der Waals surface area contributed by atoms with Gasteiger partial charge in [-0.1, -0.05) is 11.6 Å². The van der Waals surface area contributed by atoms with E-state index >= 15 is 0 Å². The summed E-state index contributed by atoms with van der Waals surface area (Å²) in [6, 6.07) is 7.57. The third kappa shape index (κ3) is 1.84. The van der Waals surface area contributed by atoms with E-state index < -0.39 is 0 Å². The molecule has 0 atom stereocenters. The third-order valence-electron chi connectivity index (χ3n) is 1.93. The fraction of sp³-hybridized carbons (Fsp3) is 0.200. The number of H-pyrrole nitrogens is 1. The summed E-state index contributed by atoms with van der Waals surface area (Å²) < 4.78 is 5.36.